The van der Waals surface area contributed by atoms with Crippen molar-refractivity contribution >= 4 is 0 Å². The number of hydrogen-bond donors (Lipinski definition) is 3. The number of rotatable bonds is 0. The van der Waals surface area contributed by atoms with Crippen molar-refractivity contribution in [2.75, 3.05) is 6.61 Å². The summed E-state index contributed by atoms with van der Waals surface area (Å²) in [4.78, 5) is 0. The van der Waals surface area contributed by atoms with E-state index in [-0.39, 0.29) is 10.8 Å². The van der Waals surface area contributed by atoms with E-state index >= 15 is 0 Å². The summed E-state index contributed by atoms with van der Waals surface area (Å²) in [5.74, 6) is 2.18. The fourth-order valence-electron chi connectivity index (χ4n) is 6.72. The van der Waals surface area contributed by atoms with Crippen LogP contribution in [0.4, 0.5) is 0 Å². The van der Waals surface area contributed by atoms with Crippen LogP contribution in [0.25, 0.3) is 0 Å². The van der Waals surface area contributed by atoms with Crippen molar-refractivity contribution in [1.82, 2.24) is 0 Å². The highest BCUT2D eigenvalue weighted by molar-refractivity contribution is 5.11. The molecule has 0 aromatic heterocycles. The lowest BCUT2D eigenvalue weighted by atomic mass is 9.47. The normalized spacial score (nSPS) is 61.2. The second-order valence-corrected chi connectivity index (χ2v) is 8.95. The van der Waals surface area contributed by atoms with Crippen molar-refractivity contribution in [2.45, 2.75) is 70.9 Å². The summed E-state index contributed by atoms with van der Waals surface area (Å²) in [5, 5.41) is 30.5. The number of fused-ring (bicyclic) bond motifs is 5. The predicted octanol–water partition coefficient (Wildman–Crippen LogP) is 1.92. The lowest BCUT2D eigenvalue weighted by Gasteiger charge is -2.60. The fourth-order valence-corrected chi connectivity index (χ4v) is 6.72. The van der Waals surface area contributed by atoms with Crippen LogP contribution in [-0.4, -0.2) is 40.4 Å². The standard InChI is InChI=1S/C18H30O4/c1-17-6-5-12-11(13(17)8-14(19)16(17)21)4-3-10-7-15(20)22-9-18(10,12)2/h10-16,19-21H,3-9H2,1-2H3/t10-,11-,12+,13+,14+,15-,16+,17+,18+/m1/s1. The van der Waals surface area contributed by atoms with Gasteiger partial charge in [0.1, 0.15) is 0 Å². The minimum absolute atomic E-state index is 0.112. The maximum atomic E-state index is 10.5. The first kappa shape index (κ1) is 15.4. The van der Waals surface area contributed by atoms with Crippen LogP contribution in [-0.2, 0) is 4.74 Å². The van der Waals surface area contributed by atoms with Crippen LogP contribution in [0.3, 0.4) is 0 Å². The molecule has 4 nitrogen and oxygen atoms in total. The molecule has 0 amide bonds. The molecular weight excluding hydrogens is 280 g/mol. The first-order chi connectivity index (χ1) is 10.4. The maximum Gasteiger partial charge on any atom is 0.154 e. The van der Waals surface area contributed by atoms with E-state index in [9.17, 15) is 15.3 Å². The predicted molar refractivity (Wildman–Crippen MR) is 81.8 cm³/mol. The Labute approximate surface area is 132 Å². The van der Waals surface area contributed by atoms with Gasteiger partial charge >= 0.3 is 0 Å². The van der Waals surface area contributed by atoms with E-state index in [1.54, 1.807) is 0 Å². The van der Waals surface area contributed by atoms with Crippen LogP contribution >= 0.6 is 0 Å². The summed E-state index contributed by atoms with van der Waals surface area (Å²) in [6.07, 6.45) is 4.27. The van der Waals surface area contributed by atoms with Crippen LogP contribution in [0.15, 0.2) is 0 Å². The summed E-state index contributed by atoms with van der Waals surface area (Å²) < 4.78 is 5.63. The van der Waals surface area contributed by atoms with E-state index in [2.05, 4.69) is 13.8 Å². The number of aliphatic hydroxyl groups excluding tert-OH is 3. The quantitative estimate of drug-likeness (QED) is 0.639. The van der Waals surface area contributed by atoms with Gasteiger partial charge in [0.25, 0.3) is 0 Å². The Hall–Kier alpha value is -0.160. The highest BCUT2D eigenvalue weighted by atomic mass is 16.6. The molecule has 9 atom stereocenters. The van der Waals surface area contributed by atoms with Crippen LogP contribution < -0.4 is 0 Å². The number of hydrogen-bond acceptors (Lipinski definition) is 4. The minimum Gasteiger partial charge on any atom is -0.390 e. The molecule has 4 aliphatic rings. The number of ether oxygens (including phenoxy) is 1. The molecule has 0 unspecified atom stereocenters. The molecule has 3 aliphatic carbocycles. The van der Waals surface area contributed by atoms with Crippen molar-refractivity contribution in [2.24, 2.45) is 34.5 Å². The molecular formula is C18H30O4. The van der Waals surface area contributed by atoms with E-state index in [0.29, 0.717) is 30.3 Å². The van der Waals surface area contributed by atoms with Gasteiger partial charge in [0, 0.05) is 6.42 Å². The third-order valence-electron chi connectivity index (χ3n) is 8.11. The Morgan fingerprint density at radius 3 is 2.45 bits per heavy atom. The third kappa shape index (κ3) is 1.90. The smallest absolute Gasteiger partial charge is 0.154 e. The molecule has 4 heteroatoms. The monoisotopic (exact) mass is 310 g/mol. The topological polar surface area (TPSA) is 69.9 Å². The van der Waals surface area contributed by atoms with Gasteiger partial charge in [-0.2, -0.15) is 0 Å². The minimum atomic E-state index is -0.585. The number of aliphatic hydroxyl groups is 3. The summed E-state index contributed by atoms with van der Waals surface area (Å²) in [7, 11) is 0. The van der Waals surface area contributed by atoms with Gasteiger partial charge < -0.3 is 20.1 Å². The molecule has 126 valence electrons. The summed E-state index contributed by atoms with van der Waals surface area (Å²) >= 11 is 0. The molecule has 1 saturated heterocycles. The average molecular weight is 310 g/mol. The molecule has 0 bridgehead atoms. The van der Waals surface area contributed by atoms with E-state index < -0.39 is 18.5 Å². The molecule has 0 radical (unpaired) electrons. The molecule has 0 aromatic rings. The molecule has 3 N–H and O–H groups in total. The fraction of sp³-hybridized carbons (Fsp3) is 1.00. The third-order valence-corrected chi connectivity index (χ3v) is 8.11. The van der Waals surface area contributed by atoms with E-state index in [1.165, 1.54) is 6.42 Å². The Morgan fingerprint density at radius 1 is 0.909 bits per heavy atom. The summed E-state index contributed by atoms with van der Waals surface area (Å²) in [5.41, 5.74) is 0.0424. The Balaban J connectivity index is 1.63. The Bertz CT molecular complexity index is 454. The van der Waals surface area contributed by atoms with Crippen molar-refractivity contribution in [3.05, 3.63) is 0 Å². The lowest BCUT2D eigenvalue weighted by molar-refractivity contribution is -0.228. The zero-order chi connectivity index (χ0) is 15.7. The highest BCUT2D eigenvalue weighted by Crippen LogP contribution is 2.64. The van der Waals surface area contributed by atoms with Crippen LogP contribution in [0, 0.1) is 34.5 Å². The Morgan fingerprint density at radius 2 is 1.68 bits per heavy atom. The lowest BCUT2D eigenvalue weighted by Crippen LogP contribution is -2.56. The van der Waals surface area contributed by atoms with Gasteiger partial charge in [-0.15, -0.1) is 0 Å². The highest BCUT2D eigenvalue weighted by Gasteiger charge is 2.62. The van der Waals surface area contributed by atoms with E-state index in [0.717, 1.165) is 32.1 Å². The molecule has 1 heterocycles. The molecule has 0 spiro atoms. The van der Waals surface area contributed by atoms with Crippen LogP contribution in [0.1, 0.15) is 52.4 Å². The van der Waals surface area contributed by atoms with Gasteiger partial charge in [-0.1, -0.05) is 13.8 Å². The zero-order valence-corrected chi connectivity index (χ0v) is 13.7. The second kappa shape index (κ2) is 4.92. The largest absolute Gasteiger partial charge is 0.390 e. The van der Waals surface area contributed by atoms with Gasteiger partial charge in [0.15, 0.2) is 6.29 Å². The van der Waals surface area contributed by atoms with Gasteiger partial charge in [-0.25, -0.2) is 0 Å². The molecule has 0 aromatic carbocycles. The van der Waals surface area contributed by atoms with Crippen LogP contribution in [0.5, 0.6) is 0 Å². The molecule has 4 fully saturated rings. The first-order valence-corrected chi connectivity index (χ1v) is 9.02. The van der Waals surface area contributed by atoms with Crippen molar-refractivity contribution in [3.8, 4) is 0 Å². The van der Waals surface area contributed by atoms with Gasteiger partial charge in [-0.05, 0) is 66.6 Å². The molecule has 4 rings (SSSR count). The van der Waals surface area contributed by atoms with Crippen molar-refractivity contribution in [3.63, 3.8) is 0 Å². The summed E-state index contributed by atoms with van der Waals surface area (Å²) in [6.45, 7) is 5.20. The summed E-state index contributed by atoms with van der Waals surface area (Å²) in [6, 6.07) is 0. The first-order valence-electron chi connectivity index (χ1n) is 9.02. The zero-order valence-electron chi connectivity index (χ0n) is 13.7. The SMILES string of the molecule is C[C@]12CO[C@@H](O)C[C@H]1CC[C@@H]1[C@@H]2CC[C@]2(C)[C@@H](O)[C@@H](O)C[C@@H]12. The van der Waals surface area contributed by atoms with Crippen molar-refractivity contribution in [1.29, 1.82) is 0 Å². The van der Waals surface area contributed by atoms with E-state index in [4.69, 9.17) is 4.74 Å². The Kier molecular flexibility index (Phi) is 3.44. The average Bonchev–Trinajstić information content (AvgIpc) is 2.72. The van der Waals surface area contributed by atoms with Gasteiger partial charge in [-0.3, -0.25) is 0 Å². The second-order valence-electron chi connectivity index (χ2n) is 8.95. The maximum absolute atomic E-state index is 10.5. The van der Waals surface area contributed by atoms with Crippen LogP contribution in [0.2, 0.25) is 0 Å². The molecule has 3 saturated carbocycles. The molecule has 1 aliphatic heterocycles. The van der Waals surface area contributed by atoms with E-state index in [1.807, 2.05) is 0 Å². The van der Waals surface area contributed by atoms with Gasteiger partial charge in [0.2, 0.25) is 0 Å². The van der Waals surface area contributed by atoms with Gasteiger partial charge in [0.05, 0.1) is 18.8 Å². The van der Waals surface area contributed by atoms with Crippen molar-refractivity contribution < 1.29 is 20.1 Å². The molecule has 22 heavy (non-hydrogen) atoms.